The number of hydrogen-bond acceptors (Lipinski definition) is 3. The first kappa shape index (κ1) is 13.3. The third-order valence-corrected chi connectivity index (χ3v) is 6.65. The van der Waals surface area contributed by atoms with Gasteiger partial charge in [0.2, 0.25) is 0 Å². The number of allylic oxidation sites excluding steroid dienone is 4. The van der Waals surface area contributed by atoms with E-state index in [-0.39, 0.29) is 5.92 Å². The Kier molecular flexibility index (Phi) is 3.22. The first-order chi connectivity index (χ1) is 9.72. The number of carbonyl (C=O) groups is 1. The van der Waals surface area contributed by atoms with Gasteiger partial charge in [0.05, 0.1) is 16.2 Å². The average Bonchev–Trinajstić information content (AvgIpc) is 3.17. The van der Waals surface area contributed by atoms with Crippen LogP contribution in [0.3, 0.4) is 0 Å². The molecule has 0 amide bonds. The van der Waals surface area contributed by atoms with E-state index in [2.05, 4.69) is 39.6 Å². The summed E-state index contributed by atoms with van der Waals surface area (Å²) < 4.78 is 6.40. The molecule has 0 aromatic rings. The Morgan fingerprint density at radius 3 is 2.85 bits per heavy atom. The molecule has 1 saturated heterocycles. The summed E-state index contributed by atoms with van der Waals surface area (Å²) in [5, 5.41) is 0. The molecule has 5 atom stereocenters. The number of Topliss-reactive ketones (excluding diaryl/α,β-unsaturated/α-hetero) is 1. The Labute approximate surface area is 133 Å². The Morgan fingerprint density at radius 2 is 2.10 bits per heavy atom. The van der Waals surface area contributed by atoms with Crippen LogP contribution < -0.4 is 0 Å². The van der Waals surface area contributed by atoms with Gasteiger partial charge in [0.25, 0.3) is 0 Å². The second-order valence-electron chi connectivity index (χ2n) is 6.51. The van der Waals surface area contributed by atoms with Crippen molar-refractivity contribution in [3.05, 3.63) is 21.4 Å². The average molecular weight is 385 g/mol. The van der Waals surface area contributed by atoms with Crippen LogP contribution in [-0.2, 0) is 9.53 Å². The van der Waals surface area contributed by atoms with E-state index < -0.39 is 0 Å². The summed E-state index contributed by atoms with van der Waals surface area (Å²) in [4.78, 5) is 15.2. The largest absolute Gasteiger partial charge is 0.383 e. The predicted molar refractivity (Wildman–Crippen MR) is 85.4 cm³/mol. The first-order valence-electron chi connectivity index (χ1n) is 7.60. The highest BCUT2D eigenvalue weighted by atomic mass is 127. The molecule has 3 nitrogen and oxygen atoms in total. The fourth-order valence-electron chi connectivity index (χ4n) is 4.81. The van der Waals surface area contributed by atoms with E-state index in [1.54, 1.807) is 7.11 Å². The molecule has 4 rings (SSSR count). The van der Waals surface area contributed by atoms with E-state index in [1.165, 1.54) is 25.0 Å². The minimum atomic E-state index is 0.246. The van der Waals surface area contributed by atoms with Gasteiger partial charge in [0, 0.05) is 31.2 Å². The second kappa shape index (κ2) is 4.83. The van der Waals surface area contributed by atoms with Crippen molar-refractivity contribution in [1.82, 2.24) is 4.90 Å². The van der Waals surface area contributed by atoms with E-state index in [1.807, 2.05) is 0 Å². The predicted octanol–water partition coefficient (Wildman–Crippen LogP) is 2.76. The maximum atomic E-state index is 12.7. The van der Waals surface area contributed by atoms with Crippen molar-refractivity contribution >= 4 is 28.4 Å². The molecule has 1 aliphatic heterocycles. The van der Waals surface area contributed by atoms with E-state index >= 15 is 0 Å². The highest BCUT2D eigenvalue weighted by molar-refractivity contribution is 14.1. The Balaban J connectivity index is 1.69. The topological polar surface area (TPSA) is 29.5 Å². The second-order valence-corrected chi connectivity index (χ2v) is 7.59. The van der Waals surface area contributed by atoms with Crippen LogP contribution in [-0.4, -0.2) is 37.0 Å². The maximum Gasteiger partial charge on any atom is 0.175 e. The molecule has 20 heavy (non-hydrogen) atoms. The summed E-state index contributed by atoms with van der Waals surface area (Å²) in [6, 6.07) is 0.467. The zero-order valence-electron chi connectivity index (χ0n) is 11.7. The van der Waals surface area contributed by atoms with Crippen molar-refractivity contribution in [2.24, 2.45) is 23.7 Å². The molecule has 0 unspecified atom stereocenters. The Morgan fingerprint density at radius 1 is 1.35 bits per heavy atom. The van der Waals surface area contributed by atoms with Crippen LogP contribution in [0.15, 0.2) is 21.4 Å². The third kappa shape index (κ3) is 1.70. The SMILES string of the molecule is COC[C@@H]1CCCN1C1=C(I)C(=O)[C@@H]2[C@H]1[C@@H]1C=C[C@H]2C1. The first-order valence-corrected chi connectivity index (χ1v) is 8.68. The summed E-state index contributed by atoms with van der Waals surface area (Å²) in [5.41, 5.74) is 1.36. The molecule has 0 aromatic heterocycles. The molecular formula is C16H20INO2. The van der Waals surface area contributed by atoms with Gasteiger partial charge >= 0.3 is 0 Å². The molecule has 4 aliphatic rings. The van der Waals surface area contributed by atoms with Crippen molar-refractivity contribution in [3.63, 3.8) is 0 Å². The van der Waals surface area contributed by atoms with Gasteiger partial charge < -0.3 is 9.64 Å². The summed E-state index contributed by atoms with van der Waals surface area (Å²) in [6.07, 6.45) is 8.24. The number of fused-ring (bicyclic) bond motifs is 5. The molecule has 0 radical (unpaired) electrons. The number of halogens is 1. The summed E-state index contributed by atoms with van der Waals surface area (Å²) in [5.74, 6) is 2.21. The molecule has 2 bridgehead atoms. The van der Waals surface area contributed by atoms with E-state index in [4.69, 9.17) is 4.74 Å². The van der Waals surface area contributed by atoms with Gasteiger partial charge in [-0.25, -0.2) is 0 Å². The number of ketones is 1. The lowest BCUT2D eigenvalue weighted by Gasteiger charge is -2.33. The van der Waals surface area contributed by atoms with Crippen LogP contribution in [0.5, 0.6) is 0 Å². The third-order valence-electron chi connectivity index (χ3n) is 5.56. The quantitative estimate of drug-likeness (QED) is 0.553. The monoisotopic (exact) mass is 385 g/mol. The van der Waals surface area contributed by atoms with Crippen molar-refractivity contribution in [1.29, 1.82) is 0 Å². The van der Waals surface area contributed by atoms with Gasteiger partial charge in [-0.2, -0.15) is 0 Å². The lowest BCUT2D eigenvalue weighted by molar-refractivity contribution is -0.118. The highest BCUT2D eigenvalue weighted by Crippen LogP contribution is 2.58. The number of carbonyl (C=O) groups excluding carboxylic acids is 1. The zero-order chi connectivity index (χ0) is 13.9. The van der Waals surface area contributed by atoms with E-state index in [0.29, 0.717) is 29.6 Å². The number of nitrogens with zero attached hydrogens (tertiary/aromatic N) is 1. The van der Waals surface area contributed by atoms with Gasteiger partial charge in [-0.3, -0.25) is 4.79 Å². The van der Waals surface area contributed by atoms with Crippen LogP contribution in [0.4, 0.5) is 0 Å². The number of ether oxygens (including phenoxy) is 1. The molecule has 0 spiro atoms. The van der Waals surface area contributed by atoms with Gasteiger partial charge in [0.15, 0.2) is 5.78 Å². The van der Waals surface area contributed by atoms with Crippen LogP contribution in [0, 0.1) is 23.7 Å². The van der Waals surface area contributed by atoms with Crippen molar-refractivity contribution in [3.8, 4) is 0 Å². The molecule has 4 heteroatoms. The molecule has 1 heterocycles. The number of hydrogen-bond donors (Lipinski definition) is 0. The van der Waals surface area contributed by atoms with Crippen LogP contribution in [0.1, 0.15) is 19.3 Å². The smallest absolute Gasteiger partial charge is 0.175 e. The summed E-state index contributed by atoms with van der Waals surface area (Å²) in [7, 11) is 1.78. The van der Waals surface area contributed by atoms with Gasteiger partial charge in [0.1, 0.15) is 0 Å². The van der Waals surface area contributed by atoms with Crippen LogP contribution in [0.25, 0.3) is 0 Å². The fraction of sp³-hybridized carbons (Fsp3) is 0.688. The molecule has 0 N–H and O–H groups in total. The molecular weight excluding hydrogens is 365 g/mol. The molecule has 2 fully saturated rings. The summed E-state index contributed by atoms with van der Waals surface area (Å²) in [6.45, 7) is 1.87. The van der Waals surface area contributed by atoms with Crippen LogP contribution in [0.2, 0.25) is 0 Å². The van der Waals surface area contributed by atoms with Gasteiger partial charge in [-0.05, 0) is 53.7 Å². The lowest BCUT2D eigenvalue weighted by Crippen LogP contribution is -2.36. The number of rotatable bonds is 3. The molecule has 108 valence electrons. The van der Waals surface area contributed by atoms with E-state index in [9.17, 15) is 4.79 Å². The van der Waals surface area contributed by atoms with E-state index in [0.717, 1.165) is 16.7 Å². The van der Waals surface area contributed by atoms with Crippen molar-refractivity contribution in [2.75, 3.05) is 20.3 Å². The molecule has 1 saturated carbocycles. The summed E-state index contributed by atoms with van der Waals surface area (Å²) >= 11 is 2.30. The standard InChI is InChI=1S/C16H20INO2/c1-20-8-11-3-2-6-18(11)15-12-9-4-5-10(7-9)13(12)16(19)14(15)17/h4-5,9-13H,2-3,6-8H2,1H3/t9-,10+,11+,12-,13+/m1/s1. The van der Waals surface area contributed by atoms with Gasteiger partial charge in [-0.15, -0.1) is 0 Å². The molecule has 0 aromatic carbocycles. The number of likely N-dealkylation sites (tertiary alicyclic amines) is 1. The van der Waals surface area contributed by atoms with Crippen molar-refractivity contribution < 1.29 is 9.53 Å². The van der Waals surface area contributed by atoms with Crippen molar-refractivity contribution in [2.45, 2.75) is 25.3 Å². The number of methoxy groups -OCH3 is 1. The lowest BCUT2D eigenvalue weighted by atomic mass is 9.83. The minimum Gasteiger partial charge on any atom is -0.383 e. The van der Waals surface area contributed by atoms with Crippen LogP contribution >= 0.6 is 22.6 Å². The Hall–Kier alpha value is -0.360. The van der Waals surface area contributed by atoms with Gasteiger partial charge in [-0.1, -0.05) is 12.2 Å². The normalized spacial score (nSPS) is 42.2. The molecule has 3 aliphatic carbocycles. The highest BCUT2D eigenvalue weighted by Gasteiger charge is 2.56. The zero-order valence-corrected chi connectivity index (χ0v) is 13.9. The fourth-order valence-corrected chi connectivity index (χ4v) is 5.84. The maximum absolute atomic E-state index is 12.7. The minimum absolute atomic E-state index is 0.246. The Bertz CT molecular complexity index is 513.